The number of benzene rings is 1. The Labute approximate surface area is 118 Å². The predicted molar refractivity (Wildman–Crippen MR) is 76.8 cm³/mol. The van der Waals surface area contributed by atoms with Crippen molar-refractivity contribution < 1.29 is 9.47 Å². The Morgan fingerprint density at radius 3 is 2.55 bits per heavy atom. The number of ether oxygens (including phenoxy) is 2. The lowest BCUT2D eigenvalue weighted by atomic mass is 10.3. The minimum absolute atomic E-state index is 0.574. The summed E-state index contributed by atoms with van der Waals surface area (Å²) in [6.45, 7) is 4.58. The molecule has 2 aromatic rings. The van der Waals surface area contributed by atoms with Crippen molar-refractivity contribution in [2.75, 3.05) is 19.8 Å². The fraction of sp³-hybridized carbons (Fsp3) is 0.333. The van der Waals surface area contributed by atoms with E-state index in [9.17, 15) is 0 Å². The molecule has 5 nitrogen and oxygen atoms in total. The van der Waals surface area contributed by atoms with Crippen molar-refractivity contribution >= 4 is 0 Å². The van der Waals surface area contributed by atoms with Crippen LogP contribution in [0.5, 0.6) is 11.5 Å². The molecule has 1 N–H and O–H groups in total. The van der Waals surface area contributed by atoms with Crippen molar-refractivity contribution in [3.05, 3.63) is 48.3 Å². The quantitative estimate of drug-likeness (QED) is 0.746. The lowest BCUT2D eigenvalue weighted by Gasteiger charge is -2.11. The Kier molecular flexibility index (Phi) is 5.79. The Morgan fingerprint density at radius 2 is 1.85 bits per heavy atom. The molecule has 0 spiro atoms. The van der Waals surface area contributed by atoms with Crippen molar-refractivity contribution in [3.8, 4) is 11.5 Å². The van der Waals surface area contributed by atoms with Gasteiger partial charge in [-0.2, -0.15) is 10.2 Å². The summed E-state index contributed by atoms with van der Waals surface area (Å²) in [4.78, 5) is 0. The van der Waals surface area contributed by atoms with E-state index >= 15 is 0 Å². The Balaban J connectivity index is 1.71. The van der Waals surface area contributed by atoms with Crippen LogP contribution in [0.2, 0.25) is 0 Å². The van der Waals surface area contributed by atoms with Gasteiger partial charge in [-0.25, -0.2) is 0 Å². The Hall–Kier alpha value is -2.14. The molecule has 106 valence electrons. The molecule has 1 heterocycles. The SMILES string of the molecule is CCOc1ccccc1OCCNCc1cccnn1. The minimum Gasteiger partial charge on any atom is -0.490 e. The zero-order valence-corrected chi connectivity index (χ0v) is 11.6. The summed E-state index contributed by atoms with van der Waals surface area (Å²) >= 11 is 0. The standard InChI is InChI=1S/C15H19N3O2/c1-2-19-14-7-3-4-8-15(14)20-11-10-16-12-13-6-5-9-17-18-13/h3-9,16H,2,10-12H2,1H3. The smallest absolute Gasteiger partial charge is 0.161 e. The van der Waals surface area contributed by atoms with E-state index in [-0.39, 0.29) is 0 Å². The summed E-state index contributed by atoms with van der Waals surface area (Å²) in [5.41, 5.74) is 0.919. The van der Waals surface area contributed by atoms with E-state index in [0.717, 1.165) is 23.7 Å². The van der Waals surface area contributed by atoms with Gasteiger partial charge in [0.25, 0.3) is 0 Å². The van der Waals surface area contributed by atoms with Crippen LogP contribution in [0.3, 0.4) is 0 Å². The molecule has 20 heavy (non-hydrogen) atoms. The van der Waals surface area contributed by atoms with E-state index in [1.165, 1.54) is 0 Å². The Morgan fingerprint density at radius 1 is 1.05 bits per heavy atom. The average Bonchev–Trinajstić information content (AvgIpc) is 2.50. The second-order valence-electron chi connectivity index (χ2n) is 4.12. The third-order valence-electron chi connectivity index (χ3n) is 2.62. The van der Waals surface area contributed by atoms with Gasteiger partial charge in [0.2, 0.25) is 0 Å². The van der Waals surface area contributed by atoms with E-state index in [1.54, 1.807) is 6.20 Å². The first-order valence-electron chi connectivity index (χ1n) is 6.72. The van der Waals surface area contributed by atoms with E-state index < -0.39 is 0 Å². The summed E-state index contributed by atoms with van der Waals surface area (Å²) in [5, 5.41) is 11.1. The van der Waals surface area contributed by atoms with E-state index in [4.69, 9.17) is 9.47 Å². The van der Waals surface area contributed by atoms with Gasteiger partial charge in [0.05, 0.1) is 12.3 Å². The highest BCUT2D eigenvalue weighted by molar-refractivity contribution is 5.39. The maximum atomic E-state index is 5.70. The monoisotopic (exact) mass is 273 g/mol. The molecule has 5 heteroatoms. The number of nitrogens with one attached hydrogen (secondary N) is 1. The maximum absolute atomic E-state index is 5.70. The van der Waals surface area contributed by atoms with Crippen LogP contribution in [0.4, 0.5) is 0 Å². The zero-order chi connectivity index (χ0) is 14.0. The number of hydrogen-bond acceptors (Lipinski definition) is 5. The molecule has 2 rings (SSSR count). The maximum Gasteiger partial charge on any atom is 0.161 e. The molecule has 0 aliphatic heterocycles. The van der Waals surface area contributed by atoms with Crippen LogP contribution in [-0.4, -0.2) is 30.0 Å². The normalized spacial score (nSPS) is 10.2. The zero-order valence-electron chi connectivity index (χ0n) is 11.6. The van der Waals surface area contributed by atoms with Crippen LogP contribution in [0.15, 0.2) is 42.6 Å². The van der Waals surface area contributed by atoms with Crippen LogP contribution in [0.1, 0.15) is 12.6 Å². The third-order valence-corrected chi connectivity index (χ3v) is 2.62. The largest absolute Gasteiger partial charge is 0.490 e. The molecule has 1 aromatic carbocycles. The number of rotatable bonds is 8. The lowest BCUT2D eigenvalue weighted by Crippen LogP contribution is -2.21. The summed E-state index contributed by atoms with van der Waals surface area (Å²) in [7, 11) is 0. The fourth-order valence-electron chi connectivity index (χ4n) is 1.72. The molecule has 0 fully saturated rings. The molecule has 0 aliphatic rings. The fourth-order valence-corrected chi connectivity index (χ4v) is 1.72. The first-order valence-corrected chi connectivity index (χ1v) is 6.72. The van der Waals surface area contributed by atoms with Crippen molar-refractivity contribution in [2.45, 2.75) is 13.5 Å². The topological polar surface area (TPSA) is 56.3 Å². The highest BCUT2D eigenvalue weighted by Gasteiger charge is 2.02. The number of aromatic nitrogens is 2. The summed E-state index contributed by atoms with van der Waals surface area (Å²) < 4.78 is 11.2. The van der Waals surface area contributed by atoms with Crippen LogP contribution >= 0.6 is 0 Å². The molecule has 1 aromatic heterocycles. The highest BCUT2D eigenvalue weighted by atomic mass is 16.5. The van der Waals surface area contributed by atoms with Crippen molar-refractivity contribution in [1.82, 2.24) is 15.5 Å². The Bertz CT molecular complexity index is 505. The van der Waals surface area contributed by atoms with E-state index in [1.807, 2.05) is 43.3 Å². The van der Waals surface area contributed by atoms with Gasteiger partial charge in [0.1, 0.15) is 6.61 Å². The minimum atomic E-state index is 0.574. The summed E-state index contributed by atoms with van der Waals surface area (Å²) in [6.07, 6.45) is 1.66. The number of hydrogen-bond donors (Lipinski definition) is 1. The molecule has 0 bridgehead atoms. The van der Waals surface area contributed by atoms with Crippen LogP contribution < -0.4 is 14.8 Å². The van der Waals surface area contributed by atoms with Crippen LogP contribution in [0, 0.1) is 0 Å². The molecular formula is C15H19N3O2. The van der Waals surface area contributed by atoms with Gasteiger partial charge >= 0.3 is 0 Å². The molecule has 0 amide bonds. The van der Waals surface area contributed by atoms with Crippen molar-refractivity contribution in [1.29, 1.82) is 0 Å². The first-order chi connectivity index (χ1) is 9.90. The van der Waals surface area contributed by atoms with E-state index in [2.05, 4.69) is 15.5 Å². The second kappa shape index (κ2) is 8.12. The van der Waals surface area contributed by atoms with Crippen molar-refractivity contribution in [2.24, 2.45) is 0 Å². The third kappa shape index (κ3) is 4.51. The highest BCUT2D eigenvalue weighted by Crippen LogP contribution is 2.25. The predicted octanol–water partition coefficient (Wildman–Crippen LogP) is 2.04. The second-order valence-corrected chi connectivity index (χ2v) is 4.12. The number of nitrogens with zero attached hydrogens (tertiary/aromatic N) is 2. The van der Waals surface area contributed by atoms with Gasteiger partial charge < -0.3 is 14.8 Å². The van der Waals surface area contributed by atoms with Gasteiger partial charge in [0, 0.05) is 19.3 Å². The average molecular weight is 273 g/mol. The molecule has 0 saturated heterocycles. The molecule has 0 radical (unpaired) electrons. The first kappa shape index (κ1) is 14.3. The summed E-state index contributed by atoms with van der Waals surface area (Å²) in [6, 6.07) is 11.5. The van der Waals surface area contributed by atoms with Gasteiger partial charge in [-0.05, 0) is 31.2 Å². The number of para-hydroxylation sites is 2. The molecule has 0 saturated carbocycles. The van der Waals surface area contributed by atoms with Gasteiger partial charge in [-0.1, -0.05) is 12.1 Å². The van der Waals surface area contributed by atoms with Gasteiger partial charge in [-0.3, -0.25) is 0 Å². The molecular weight excluding hydrogens is 254 g/mol. The van der Waals surface area contributed by atoms with E-state index in [0.29, 0.717) is 19.8 Å². The molecule has 0 atom stereocenters. The lowest BCUT2D eigenvalue weighted by molar-refractivity contribution is 0.275. The van der Waals surface area contributed by atoms with Crippen LogP contribution in [0.25, 0.3) is 0 Å². The van der Waals surface area contributed by atoms with Crippen molar-refractivity contribution in [3.63, 3.8) is 0 Å². The summed E-state index contributed by atoms with van der Waals surface area (Å²) in [5.74, 6) is 1.56. The molecule has 0 unspecified atom stereocenters. The molecule has 0 aliphatic carbocycles. The van der Waals surface area contributed by atoms with Gasteiger partial charge in [0.15, 0.2) is 11.5 Å². The van der Waals surface area contributed by atoms with Crippen LogP contribution in [-0.2, 0) is 6.54 Å². The van der Waals surface area contributed by atoms with Gasteiger partial charge in [-0.15, -0.1) is 0 Å².